The molecular weight excluding hydrogens is 349 g/mol. The molecule has 0 spiro atoms. The van der Waals surface area contributed by atoms with Crippen LogP contribution < -0.4 is 16.4 Å². The molecule has 0 saturated carbocycles. The van der Waals surface area contributed by atoms with Crippen LogP contribution in [0.15, 0.2) is 46.9 Å². The standard InChI is InChI=1S/C17H8B3BrO2/c18-13-11(12(17(22)23)16(21)15(20)14(13)19)10-7-3-5-8-4-1-2-6-9(8)10/h1-7H,(H,22,23). The van der Waals surface area contributed by atoms with Gasteiger partial charge in [0.1, 0.15) is 23.5 Å². The molecule has 0 amide bonds. The quantitative estimate of drug-likeness (QED) is 0.704. The molecule has 6 radical (unpaired) electrons. The van der Waals surface area contributed by atoms with Gasteiger partial charge >= 0.3 is 5.97 Å². The lowest BCUT2D eigenvalue weighted by Gasteiger charge is -2.20. The number of carboxylic acid groups (broad SMARTS) is 1. The number of carboxylic acids is 1. The lowest BCUT2D eigenvalue weighted by molar-refractivity contribution is 0.0697. The molecule has 3 aromatic rings. The summed E-state index contributed by atoms with van der Waals surface area (Å²) in [6.07, 6.45) is 0. The minimum Gasteiger partial charge on any atom is -0.478 e. The predicted molar refractivity (Wildman–Crippen MR) is 100 cm³/mol. The van der Waals surface area contributed by atoms with Crippen molar-refractivity contribution in [3.05, 3.63) is 52.5 Å². The Morgan fingerprint density at radius 2 is 1.57 bits per heavy atom. The first-order chi connectivity index (χ1) is 10.9. The Hall–Kier alpha value is -1.94. The summed E-state index contributed by atoms with van der Waals surface area (Å²) in [7, 11) is 18.0. The minimum atomic E-state index is -1.13. The summed E-state index contributed by atoms with van der Waals surface area (Å²) < 4.78 is 0.236. The fourth-order valence-corrected chi connectivity index (χ4v) is 3.28. The highest BCUT2D eigenvalue weighted by Gasteiger charge is 2.22. The van der Waals surface area contributed by atoms with Gasteiger partial charge in [-0.25, -0.2) is 4.79 Å². The van der Waals surface area contributed by atoms with E-state index in [-0.39, 0.29) is 26.4 Å². The molecule has 6 heteroatoms. The maximum atomic E-state index is 11.8. The second-order valence-corrected chi connectivity index (χ2v) is 5.93. The molecule has 104 valence electrons. The lowest BCUT2D eigenvalue weighted by Crippen LogP contribution is -2.42. The lowest BCUT2D eigenvalue weighted by atomic mass is 9.68. The van der Waals surface area contributed by atoms with Crippen LogP contribution in [0.2, 0.25) is 0 Å². The van der Waals surface area contributed by atoms with E-state index in [4.69, 9.17) is 23.5 Å². The Balaban J connectivity index is 2.51. The van der Waals surface area contributed by atoms with E-state index in [1.54, 1.807) is 0 Å². The predicted octanol–water partition coefficient (Wildman–Crippen LogP) is 1.35. The van der Waals surface area contributed by atoms with Crippen molar-refractivity contribution in [3.63, 3.8) is 0 Å². The van der Waals surface area contributed by atoms with Crippen LogP contribution in [0.3, 0.4) is 0 Å². The van der Waals surface area contributed by atoms with Gasteiger partial charge < -0.3 is 5.11 Å². The fourth-order valence-electron chi connectivity index (χ4n) is 2.70. The molecule has 0 fully saturated rings. The van der Waals surface area contributed by atoms with Crippen molar-refractivity contribution >= 4 is 72.6 Å². The number of carbonyl (C=O) groups is 1. The molecule has 0 aliphatic carbocycles. The van der Waals surface area contributed by atoms with Gasteiger partial charge in [-0.05, 0) is 21.9 Å². The molecule has 23 heavy (non-hydrogen) atoms. The smallest absolute Gasteiger partial charge is 0.337 e. The van der Waals surface area contributed by atoms with Gasteiger partial charge in [0.15, 0.2) is 0 Å². The topological polar surface area (TPSA) is 37.3 Å². The molecule has 2 nitrogen and oxygen atoms in total. The molecule has 0 atom stereocenters. The Morgan fingerprint density at radius 1 is 0.913 bits per heavy atom. The maximum absolute atomic E-state index is 11.8. The van der Waals surface area contributed by atoms with Crippen LogP contribution in [0.25, 0.3) is 21.9 Å². The number of hydrogen-bond donors (Lipinski definition) is 1. The summed E-state index contributed by atoms with van der Waals surface area (Å²) in [5.41, 5.74) is 1.54. The van der Waals surface area contributed by atoms with Crippen LogP contribution in [0.4, 0.5) is 0 Å². The number of aromatic carboxylic acids is 1. The van der Waals surface area contributed by atoms with Gasteiger partial charge in [0.2, 0.25) is 0 Å². The van der Waals surface area contributed by atoms with Gasteiger partial charge in [0, 0.05) is 4.47 Å². The first kappa shape index (κ1) is 15.9. The summed E-state index contributed by atoms with van der Waals surface area (Å²) >= 11 is 3.24. The summed E-state index contributed by atoms with van der Waals surface area (Å²) in [5, 5.41) is 11.5. The minimum absolute atomic E-state index is 0.00514. The van der Waals surface area contributed by atoms with Crippen LogP contribution >= 0.6 is 15.9 Å². The van der Waals surface area contributed by atoms with Crippen LogP contribution in [0, 0.1) is 0 Å². The van der Waals surface area contributed by atoms with E-state index in [1.165, 1.54) is 0 Å². The second-order valence-electron chi connectivity index (χ2n) is 5.14. The normalized spacial score (nSPS) is 10.8. The maximum Gasteiger partial charge on any atom is 0.337 e. The molecule has 0 aromatic heterocycles. The Labute approximate surface area is 146 Å². The van der Waals surface area contributed by atoms with E-state index in [1.807, 2.05) is 42.5 Å². The molecule has 0 aliphatic heterocycles. The van der Waals surface area contributed by atoms with Crippen molar-refractivity contribution in [1.82, 2.24) is 0 Å². The second kappa shape index (κ2) is 5.93. The van der Waals surface area contributed by atoms with Crippen LogP contribution in [0.1, 0.15) is 10.4 Å². The van der Waals surface area contributed by atoms with Crippen molar-refractivity contribution in [2.45, 2.75) is 0 Å². The van der Waals surface area contributed by atoms with Crippen molar-refractivity contribution in [2.75, 3.05) is 0 Å². The molecule has 0 saturated heterocycles. The molecule has 0 aliphatic rings. The van der Waals surface area contributed by atoms with Crippen LogP contribution in [-0.2, 0) is 0 Å². The SMILES string of the molecule is [B]c1c([B])c(Br)c(C(=O)O)c(-c2cccc3ccccc23)c1[B]. The summed E-state index contributed by atoms with van der Waals surface area (Å²) in [6, 6.07) is 13.3. The first-order valence-corrected chi connectivity index (χ1v) is 7.60. The van der Waals surface area contributed by atoms with Crippen molar-refractivity contribution in [1.29, 1.82) is 0 Å². The number of hydrogen-bond acceptors (Lipinski definition) is 1. The monoisotopic (exact) mass is 356 g/mol. The van der Waals surface area contributed by atoms with Gasteiger partial charge in [-0.3, -0.25) is 0 Å². The van der Waals surface area contributed by atoms with Crippen LogP contribution in [0.5, 0.6) is 0 Å². The van der Waals surface area contributed by atoms with Gasteiger partial charge in [-0.15, -0.1) is 5.46 Å². The number of benzene rings is 3. The molecular formula is C17H8B3BrO2. The largest absolute Gasteiger partial charge is 0.478 e. The molecule has 3 aromatic carbocycles. The zero-order chi connectivity index (χ0) is 16.7. The third-order valence-electron chi connectivity index (χ3n) is 3.83. The number of fused-ring (bicyclic) bond motifs is 1. The first-order valence-electron chi connectivity index (χ1n) is 6.80. The average Bonchev–Trinajstić information content (AvgIpc) is 2.55. The fraction of sp³-hybridized carbons (Fsp3) is 0. The highest BCUT2D eigenvalue weighted by atomic mass is 79.9. The van der Waals surface area contributed by atoms with E-state index >= 15 is 0 Å². The molecule has 0 bridgehead atoms. The van der Waals surface area contributed by atoms with Gasteiger partial charge in [-0.1, -0.05) is 69.3 Å². The van der Waals surface area contributed by atoms with E-state index < -0.39 is 5.97 Å². The third-order valence-corrected chi connectivity index (χ3v) is 4.65. The summed E-state index contributed by atoms with van der Waals surface area (Å²) in [4.78, 5) is 11.8. The third kappa shape index (κ3) is 2.51. The Bertz CT molecular complexity index is 949. The van der Waals surface area contributed by atoms with Crippen molar-refractivity contribution in [3.8, 4) is 11.1 Å². The molecule has 3 rings (SSSR count). The van der Waals surface area contributed by atoms with Gasteiger partial charge in [-0.2, -0.15) is 0 Å². The van der Waals surface area contributed by atoms with Gasteiger partial charge in [0.05, 0.1) is 5.56 Å². The molecule has 1 N–H and O–H groups in total. The molecule has 0 heterocycles. The Kier molecular flexibility index (Phi) is 4.11. The van der Waals surface area contributed by atoms with E-state index in [0.29, 0.717) is 11.1 Å². The number of halogens is 1. The highest BCUT2D eigenvalue weighted by Crippen LogP contribution is 2.31. The molecule has 0 unspecified atom stereocenters. The summed E-state index contributed by atoms with van der Waals surface area (Å²) in [6.45, 7) is 0. The average molecular weight is 357 g/mol. The van der Waals surface area contributed by atoms with E-state index in [0.717, 1.165) is 10.8 Å². The zero-order valence-corrected chi connectivity index (χ0v) is 13.6. The van der Waals surface area contributed by atoms with Gasteiger partial charge in [0.25, 0.3) is 0 Å². The summed E-state index contributed by atoms with van der Waals surface area (Å²) in [5.74, 6) is -1.13. The highest BCUT2D eigenvalue weighted by molar-refractivity contribution is 9.10. The Morgan fingerprint density at radius 3 is 2.26 bits per heavy atom. The van der Waals surface area contributed by atoms with Crippen molar-refractivity contribution in [2.24, 2.45) is 0 Å². The van der Waals surface area contributed by atoms with E-state index in [2.05, 4.69) is 15.9 Å². The number of rotatable bonds is 2. The zero-order valence-electron chi connectivity index (χ0n) is 12.0. The van der Waals surface area contributed by atoms with Crippen molar-refractivity contribution < 1.29 is 9.90 Å². The van der Waals surface area contributed by atoms with Crippen LogP contribution in [-0.4, -0.2) is 34.6 Å². The van der Waals surface area contributed by atoms with E-state index in [9.17, 15) is 9.90 Å².